The first-order valence-corrected chi connectivity index (χ1v) is 19.6. The van der Waals surface area contributed by atoms with Crippen LogP contribution in [0.3, 0.4) is 0 Å². The highest BCUT2D eigenvalue weighted by Gasteiger charge is 2.22. The van der Waals surface area contributed by atoms with Gasteiger partial charge in [-0.2, -0.15) is 0 Å². The van der Waals surface area contributed by atoms with Crippen molar-refractivity contribution in [3.8, 4) is 45.3 Å². The summed E-state index contributed by atoms with van der Waals surface area (Å²) in [6.07, 6.45) is 0. The van der Waals surface area contributed by atoms with Gasteiger partial charge in [0.05, 0.1) is 0 Å². The van der Waals surface area contributed by atoms with Gasteiger partial charge in [-0.3, -0.25) is 0 Å². The summed E-state index contributed by atoms with van der Waals surface area (Å²) in [6.45, 7) is 0. The van der Waals surface area contributed by atoms with Crippen LogP contribution in [0.2, 0.25) is 0 Å². The van der Waals surface area contributed by atoms with E-state index in [1.807, 2.05) is 0 Å². The van der Waals surface area contributed by atoms with E-state index >= 15 is 0 Å². The molecule has 3 heterocycles. The molecule has 0 saturated carbocycles. The van der Waals surface area contributed by atoms with E-state index in [4.69, 9.17) is 19.4 Å². The molecule has 260 valence electrons. The van der Waals surface area contributed by atoms with Crippen LogP contribution < -0.4 is 0 Å². The van der Waals surface area contributed by atoms with E-state index in [0.717, 1.165) is 70.6 Å². The lowest BCUT2D eigenvalue weighted by molar-refractivity contribution is 0.669. The molecular formula is C51H29N3OS. The minimum Gasteiger partial charge on any atom is -0.456 e. The number of fused-ring (bicyclic) bond motifs is 9. The Labute approximate surface area is 325 Å². The van der Waals surface area contributed by atoms with Crippen molar-refractivity contribution in [3.05, 3.63) is 176 Å². The van der Waals surface area contributed by atoms with Crippen molar-refractivity contribution in [2.45, 2.75) is 0 Å². The van der Waals surface area contributed by atoms with E-state index < -0.39 is 0 Å². The van der Waals surface area contributed by atoms with Gasteiger partial charge >= 0.3 is 0 Å². The standard InChI is InChI=1S/C51H29N3OS/c1-3-12-32-24-36(22-20-30(32)10-1)38-27-43(47-42-26-34-14-5-6-15-35(34)28-44(42)55-45(47)29-38)51-53-49(37-23-21-31-11-2-4-13-33(31)25-37)52-50(54-51)41-18-9-17-40-39-16-7-8-19-46(39)56-48(40)41/h1-29H. The van der Waals surface area contributed by atoms with E-state index in [-0.39, 0.29) is 0 Å². The maximum Gasteiger partial charge on any atom is 0.165 e. The Kier molecular flexibility index (Phi) is 6.76. The summed E-state index contributed by atoms with van der Waals surface area (Å²) in [6, 6.07) is 62.2. The zero-order valence-corrected chi connectivity index (χ0v) is 30.7. The molecule has 12 rings (SSSR count). The molecule has 56 heavy (non-hydrogen) atoms. The molecule has 12 aromatic rings. The Morgan fingerprint density at radius 3 is 1.71 bits per heavy atom. The van der Waals surface area contributed by atoms with E-state index in [2.05, 4.69) is 176 Å². The Morgan fingerprint density at radius 2 is 0.946 bits per heavy atom. The number of hydrogen-bond donors (Lipinski definition) is 0. The third-order valence-corrected chi connectivity index (χ3v) is 12.3. The van der Waals surface area contributed by atoms with Crippen LogP contribution in [0.4, 0.5) is 0 Å². The second-order valence-corrected chi connectivity index (χ2v) is 15.5. The van der Waals surface area contributed by atoms with Crippen molar-refractivity contribution in [1.29, 1.82) is 0 Å². The molecule has 0 N–H and O–H groups in total. The van der Waals surface area contributed by atoms with Crippen LogP contribution in [-0.4, -0.2) is 15.0 Å². The minimum absolute atomic E-state index is 0.597. The first kappa shape index (κ1) is 31.2. The molecule has 3 aromatic heterocycles. The van der Waals surface area contributed by atoms with Crippen molar-refractivity contribution < 1.29 is 4.42 Å². The maximum atomic E-state index is 6.77. The van der Waals surface area contributed by atoms with Gasteiger partial charge in [0, 0.05) is 47.6 Å². The van der Waals surface area contributed by atoms with Crippen molar-refractivity contribution in [2.24, 2.45) is 0 Å². The lowest BCUT2D eigenvalue weighted by Gasteiger charge is -2.12. The Morgan fingerprint density at radius 1 is 0.357 bits per heavy atom. The summed E-state index contributed by atoms with van der Waals surface area (Å²) in [4.78, 5) is 16.0. The number of thiophene rings is 1. The quantitative estimate of drug-likeness (QED) is 0.181. The van der Waals surface area contributed by atoms with Crippen LogP contribution >= 0.6 is 11.3 Å². The number of aromatic nitrogens is 3. The topological polar surface area (TPSA) is 51.8 Å². The largest absolute Gasteiger partial charge is 0.456 e. The molecule has 5 heteroatoms. The average molecular weight is 732 g/mol. The third-order valence-electron chi connectivity index (χ3n) is 11.1. The summed E-state index contributed by atoms with van der Waals surface area (Å²) >= 11 is 1.78. The number of rotatable bonds is 4. The Balaban J connectivity index is 1.18. The fourth-order valence-corrected chi connectivity index (χ4v) is 9.51. The Bertz CT molecular complexity index is 3560. The fraction of sp³-hybridized carbons (Fsp3) is 0. The SMILES string of the molecule is c1ccc2cc(-c3cc(-c4nc(-c5ccc6ccccc6c5)nc(-c5cccc6c5sc5ccccc56)n4)c4c(c3)oc3cc5ccccc5cc34)ccc2c1. The first-order valence-electron chi connectivity index (χ1n) is 18.7. The fourth-order valence-electron chi connectivity index (χ4n) is 8.30. The van der Waals surface area contributed by atoms with Crippen LogP contribution in [0.5, 0.6) is 0 Å². The van der Waals surface area contributed by atoms with Crippen LogP contribution in [-0.2, 0) is 0 Å². The predicted octanol–water partition coefficient (Wildman–Crippen LogP) is 14.3. The molecule has 0 bridgehead atoms. The zero-order chi connectivity index (χ0) is 36.7. The molecule has 0 atom stereocenters. The highest BCUT2D eigenvalue weighted by atomic mass is 32.1. The van der Waals surface area contributed by atoms with Gasteiger partial charge in [-0.05, 0) is 92.0 Å². The molecule has 0 aliphatic rings. The molecule has 0 saturated heterocycles. The van der Waals surface area contributed by atoms with Crippen LogP contribution in [0.15, 0.2) is 180 Å². The molecule has 0 aliphatic heterocycles. The highest BCUT2D eigenvalue weighted by molar-refractivity contribution is 7.26. The third kappa shape index (κ3) is 4.95. The summed E-state index contributed by atoms with van der Waals surface area (Å²) in [5, 5.41) is 11.4. The first-order chi connectivity index (χ1) is 27.7. The second kappa shape index (κ2) is 12.2. The van der Waals surface area contributed by atoms with Gasteiger partial charge < -0.3 is 4.42 Å². The predicted molar refractivity (Wildman–Crippen MR) is 234 cm³/mol. The number of hydrogen-bond acceptors (Lipinski definition) is 5. The molecule has 0 amide bonds. The molecule has 9 aromatic carbocycles. The van der Waals surface area contributed by atoms with Gasteiger partial charge in [-0.25, -0.2) is 15.0 Å². The minimum atomic E-state index is 0.597. The van der Waals surface area contributed by atoms with Gasteiger partial charge in [-0.1, -0.05) is 127 Å². The van der Waals surface area contributed by atoms with Crippen molar-refractivity contribution in [2.75, 3.05) is 0 Å². The second-order valence-electron chi connectivity index (χ2n) is 14.4. The van der Waals surface area contributed by atoms with Gasteiger partial charge in [0.25, 0.3) is 0 Å². The Hall–Kier alpha value is -7.21. The summed E-state index contributed by atoms with van der Waals surface area (Å²) in [5.74, 6) is 1.86. The lowest BCUT2D eigenvalue weighted by atomic mass is 9.96. The smallest absolute Gasteiger partial charge is 0.165 e. The zero-order valence-electron chi connectivity index (χ0n) is 29.9. The van der Waals surface area contributed by atoms with Gasteiger partial charge in [0.1, 0.15) is 11.2 Å². The monoisotopic (exact) mass is 731 g/mol. The number of benzene rings is 9. The maximum absolute atomic E-state index is 6.77. The summed E-state index contributed by atoms with van der Waals surface area (Å²) in [7, 11) is 0. The molecule has 0 fully saturated rings. The van der Waals surface area contributed by atoms with E-state index in [1.165, 1.54) is 31.6 Å². The van der Waals surface area contributed by atoms with Gasteiger partial charge in [0.2, 0.25) is 0 Å². The van der Waals surface area contributed by atoms with Gasteiger partial charge in [0.15, 0.2) is 17.5 Å². The molecule has 0 aliphatic carbocycles. The summed E-state index contributed by atoms with van der Waals surface area (Å²) < 4.78 is 9.17. The lowest BCUT2D eigenvalue weighted by Crippen LogP contribution is -2.01. The van der Waals surface area contributed by atoms with Crippen LogP contribution in [0.1, 0.15) is 0 Å². The molecule has 0 spiro atoms. The van der Waals surface area contributed by atoms with Crippen molar-refractivity contribution >= 4 is 85.8 Å². The van der Waals surface area contributed by atoms with Gasteiger partial charge in [-0.15, -0.1) is 11.3 Å². The van der Waals surface area contributed by atoms with E-state index in [0.29, 0.717) is 17.5 Å². The molecular weight excluding hydrogens is 703 g/mol. The van der Waals surface area contributed by atoms with E-state index in [1.54, 1.807) is 11.3 Å². The molecule has 0 radical (unpaired) electrons. The normalized spacial score (nSPS) is 11.9. The molecule has 4 nitrogen and oxygen atoms in total. The van der Waals surface area contributed by atoms with E-state index in [9.17, 15) is 0 Å². The highest BCUT2D eigenvalue weighted by Crippen LogP contribution is 2.43. The molecule has 0 unspecified atom stereocenters. The van der Waals surface area contributed by atoms with Crippen LogP contribution in [0, 0.1) is 0 Å². The van der Waals surface area contributed by atoms with Crippen molar-refractivity contribution in [3.63, 3.8) is 0 Å². The average Bonchev–Trinajstić information content (AvgIpc) is 3.82. The van der Waals surface area contributed by atoms with Crippen LogP contribution in [0.25, 0.3) is 120 Å². The number of furan rings is 1. The van der Waals surface area contributed by atoms with Crippen molar-refractivity contribution in [1.82, 2.24) is 15.0 Å². The summed E-state index contributed by atoms with van der Waals surface area (Å²) in [5.41, 5.74) is 6.56. The number of nitrogens with zero attached hydrogens (tertiary/aromatic N) is 3.